The minimum absolute atomic E-state index is 0.214. The summed E-state index contributed by atoms with van der Waals surface area (Å²) in [7, 11) is -1.99. The van der Waals surface area contributed by atoms with E-state index < -0.39 is 8.56 Å². The maximum Gasteiger partial charge on any atom is 0.393 e. The first-order valence-corrected chi connectivity index (χ1v) is 7.49. The van der Waals surface area contributed by atoms with Crippen molar-refractivity contribution in [2.24, 2.45) is 0 Å². The predicted molar refractivity (Wildman–Crippen MR) is 57.7 cm³/mol. The largest absolute Gasteiger partial charge is 0.515 e. The van der Waals surface area contributed by atoms with E-state index in [0.29, 0.717) is 5.05 Å². The quantitative estimate of drug-likeness (QED) is 0.520. The van der Waals surface area contributed by atoms with E-state index in [4.69, 9.17) is 21.1 Å². The highest BCUT2D eigenvalue weighted by atomic mass is 32.1. The summed E-state index contributed by atoms with van der Waals surface area (Å²) in [6, 6.07) is 0. The number of hydrogen-bond acceptors (Lipinski definition) is 3. The highest BCUT2D eigenvalue weighted by Gasteiger charge is 2.28. The molecule has 0 aromatic carbocycles. The first kappa shape index (κ1) is 12.1. The van der Waals surface area contributed by atoms with Gasteiger partial charge < -0.3 is 8.85 Å². The van der Waals surface area contributed by atoms with Crippen LogP contribution in [-0.4, -0.2) is 19.7 Å². The summed E-state index contributed by atoms with van der Waals surface area (Å²) in [6.07, 6.45) is 0.999. The summed E-state index contributed by atoms with van der Waals surface area (Å²) in [5.41, 5.74) is 0. The molecule has 0 amide bonds. The Kier molecular flexibility index (Phi) is 4.97. The SMILES string of the molecule is CCC(=S)O[Si](C)(C)OC(C)C. The van der Waals surface area contributed by atoms with E-state index in [1.807, 2.05) is 33.9 Å². The van der Waals surface area contributed by atoms with Crippen molar-refractivity contribution in [3.8, 4) is 0 Å². The Morgan fingerprint density at radius 3 is 2.25 bits per heavy atom. The van der Waals surface area contributed by atoms with Crippen LogP contribution in [0.1, 0.15) is 27.2 Å². The maximum atomic E-state index is 5.64. The van der Waals surface area contributed by atoms with Crippen LogP contribution >= 0.6 is 12.2 Å². The first-order valence-electron chi connectivity index (χ1n) is 4.27. The molecule has 0 rings (SSSR count). The lowest BCUT2D eigenvalue weighted by Crippen LogP contribution is -2.38. The van der Waals surface area contributed by atoms with Crippen LogP contribution in [0.25, 0.3) is 0 Å². The van der Waals surface area contributed by atoms with Crippen molar-refractivity contribution in [1.29, 1.82) is 0 Å². The van der Waals surface area contributed by atoms with Crippen molar-refractivity contribution < 1.29 is 8.85 Å². The van der Waals surface area contributed by atoms with Crippen LogP contribution in [0.15, 0.2) is 0 Å². The van der Waals surface area contributed by atoms with Crippen molar-refractivity contribution >= 4 is 25.8 Å². The van der Waals surface area contributed by atoms with Gasteiger partial charge in [-0.05, 0) is 39.2 Å². The molecule has 0 aliphatic carbocycles. The molecule has 0 spiro atoms. The zero-order chi connectivity index (χ0) is 9.78. The normalized spacial score (nSPS) is 11.8. The fourth-order valence-corrected chi connectivity index (χ4v) is 3.42. The summed E-state index contributed by atoms with van der Waals surface area (Å²) in [5, 5.41) is 0.660. The predicted octanol–water partition coefficient (Wildman–Crippen LogP) is 2.87. The van der Waals surface area contributed by atoms with E-state index in [1.54, 1.807) is 0 Å². The smallest absolute Gasteiger partial charge is 0.393 e. The molecule has 0 aromatic rings. The Balaban J connectivity index is 3.94. The molecule has 72 valence electrons. The lowest BCUT2D eigenvalue weighted by molar-refractivity contribution is 0.186. The van der Waals surface area contributed by atoms with E-state index in [-0.39, 0.29) is 6.10 Å². The maximum absolute atomic E-state index is 5.64. The fourth-order valence-electron chi connectivity index (χ4n) is 0.938. The van der Waals surface area contributed by atoms with Gasteiger partial charge in [0, 0.05) is 12.5 Å². The molecule has 0 aliphatic rings. The molecular formula is C8H18O2SSi. The zero-order valence-corrected chi connectivity index (χ0v) is 10.3. The third kappa shape index (κ3) is 5.68. The summed E-state index contributed by atoms with van der Waals surface area (Å²) in [5.74, 6) is 0. The molecular weight excluding hydrogens is 188 g/mol. The minimum Gasteiger partial charge on any atom is -0.515 e. The van der Waals surface area contributed by atoms with Crippen LogP contribution in [0, 0.1) is 0 Å². The summed E-state index contributed by atoms with van der Waals surface area (Å²) >= 11 is 4.99. The molecule has 12 heavy (non-hydrogen) atoms. The summed E-state index contributed by atoms with van der Waals surface area (Å²) < 4.78 is 11.2. The molecule has 0 fully saturated rings. The van der Waals surface area contributed by atoms with Crippen LogP contribution in [0.2, 0.25) is 13.1 Å². The van der Waals surface area contributed by atoms with E-state index in [0.717, 1.165) is 6.42 Å². The zero-order valence-electron chi connectivity index (χ0n) is 8.51. The second-order valence-electron chi connectivity index (χ2n) is 3.39. The summed E-state index contributed by atoms with van der Waals surface area (Å²) in [6.45, 7) is 10.0. The topological polar surface area (TPSA) is 18.5 Å². The van der Waals surface area contributed by atoms with Crippen molar-refractivity contribution in [2.45, 2.75) is 46.4 Å². The van der Waals surface area contributed by atoms with Crippen LogP contribution in [0.5, 0.6) is 0 Å². The second-order valence-corrected chi connectivity index (χ2v) is 7.09. The Hall–Kier alpha value is 0.0669. The standard InChI is InChI=1S/C8H18O2SSi/c1-6-8(11)10-12(4,5)9-7(2)3/h7H,6H2,1-5H3. The van der Waals surface area contributed by atoms with E-state index >= 15 is 0 Å². The van der Waals surface area contributed by atoms with Gasteiger partial charge in [0.2, 0.25) is 0 Å². The molecule has 0 bridgehead atoms. The average molecular weight is 206 g/mol. The molecule has 0 saturated carbocycles. The molecule has 0 aromatic heterocycles. The van der Waals surface area contributed by atoms with Gasteiger partial charge in [0.15, 0.2) is 0 Å². The number of hydrogen-bond donors (Lipinski definition) is 0. The molecule has 0 aliphatic heterocycles. The van der Waals surface area contributed by atoms with Gasteiger partial charge in [-0.25, -0.2) is 0 Å². The van der Waals surface area contributed by atoms with Gasteiger partial charge in [-0.2, -0.15) is 0 Å². The van der Waals surface area contributed by atoms with Gasteiger partial charge in [0.05, 0.1) is 0 Å². The average Bonchev–Trinajstić information content (AvgIpc) is 1.83. The molecule has 0 atom stereocenters. The van der Waals surface area contributed by atoms with E-state index in [9.17, 15) is 0 Å². The van der Waals surface area contributed by atoms with Gasteiger partial charge in [-0.1, -0.05) is 6.92 Å². The van der Waals surface area contributed by atoms with Crippen LogP contribution in [0.4, 0.5) is 0 Å². The number of rotatable bonds is 4. The molecule has 4 heteroatoms. The second kappa shape index (κ2) is 4.94. The molecule has 2 nitrogen and oxygen atoms in total. The molecule has 0 saturated heterocycles. The Morgan fingerprint density at radius 2 is 1.92 bits per heavy atom. The monoisotopic (exact) mass is 206 g/mol. The third-order valence-corrected chi connectivity index (χ3v) is 3.46. The Labute approximate surface area is 81.5 Å². The van der Waals surface area contributed by atoms with Gasteiger partial charge in [0.25, 0.3) is 0 Å². The summed E-state index contributed by atoms with van der Waals surface area (Å²) in [4.78, 5) is 0. The molecule has 0 N–H and O–H groups in total. The minimum atomic E-state index is -1.99. The van der Waals surface area contributed by atoms with Gasteiger partial charge in [-0.15, -0.1) is 0 Å². The van der Waals surface area contributed by atoms with Crippen molar-refractivity contribution in [2.75, 3.05) is 0 Å². The molecule has 0 radical (unpaired) electrons. The lowest BCUT2D eigenvalue weighted by Gasteiger charge is -2.25. The first-order chi connectivity index (χ1) is 5.37. The van der Waals surface area contributed by atoms with Gasteiger partial charge in [-0.3, -0.25) is 0 Å². The van der Waals surface area contributed by atoms with Crippen molar-refractivity contribution in [3.63, 3.8) is 0 Å². The lowest BCUT2D eigenvalue weighted by atomic mass is 10.5. The Bertz CT molecular complexity index is 157. The van der Waals surface area contributed by atoms with Crippen LogP contribution in [-0.2, 0) is 8.85 Å². The van der Waals surface area contributed by atoms with E-state index in [1.165, 1.54) is 0 Å². The van der Waals surface area contributed by atoms with Crippen LogP contribution in [0.3, 0.4) is 0 Å². The van der Waals surface area contributed by atoms with Crippen molar-refractivity contribution in [1.82, 2.24) is 0 Å². The molecule has 0 heterocycles. The van der Waals surface area contributed by atoms with Crippen LogP contribution < -0.4 is 0 Å². The van der Waals surface area contributed by atoms with Crippen molar-refractivity contribution in [3.05, 3.63) is 0 Å². The highest BCUT2D eigenvalue weighted by molar-refractivity contribution is 7.80. The highest BCUT2D eigenvalue weighted by Crippen LogP contribution is 2.11. The van der Waals surface area contributed by atoms with E-state index in [2.05, 4.69) is 0 Å². The Morgan fingerprint density at radius 1 is 1.42 bits per heavy atom. The van der Waals surface area contributed by atoms with Gasteiger partial charge in [0.1, 0.15) is 5.05 Å². The fraction of sp³-hybridized carbons (Fsp3) is 0.875. The number of thiocarbonyl (C=S) groups is 1. The third-order valence-electron chi connectivity index (χ3n) is 1.17. The molecule has 0 unspecified atom stereocenters. The van der Waals surface area contributed by atoms with Gasteiger partial charge >= 0.3 is 8.56 Å².